The van der Waals surface area contributed by atoms with Crippen LogP contribution in [-0.4, -0.2) is 55.4 Å². The third-order valence-electron chi connectivity index (χ3n) is 4.53. The van der Waals surface area contributed by atoms with E-state index in [2.05, 4.69) is 0 Å². The van der Waals surface area contributed by atoms with Gasteiger partial charge in [-0.25, -0.2) is 13.5 Å². The molecule has 1 amide bonds. The van der Waals surface area contributed by atoms with Crippen molar-refractivity contribution in [2.75, 3.05) is 12.4 Å². The van der Waals surface area contributed by atoms with Gasteiger partial charge in [0.05, 0.1) is 17.3 Å². The summed E-state index contributed by atoms with van der Waals surface area (Å²) in [6, 6.07) is 11.5. The van der Waals surface area contributed by atoms with Crippen molar-refractivity contribution in [1.82, 2.24) is 5.06 Å². The molecule has 1 fully saturated rings. The second kappa shape index (κ2) is 8.91. The fourth-order valence-electron chi connectivity index (χ4n) is 3.01. The summed E-state index contributed by atoms with van der Waals surface area (Å²) in [6.45, 7) is 3.38. The van der Waals surface area contributed by atoms with Gasteiger partial charge in [0.25, 0.3) is 0 Å². The molecule has 1 N–H and O–H groups in total. The zero-order valence-corrected chi connectivity index (χ0v) is 18.0. The smallest absolute Gasteiger partial charge is 0.233 e. The van der Waals surface area contributed by atoms with E-state index >= 15 is 0 Å². The predicted molar refractivity (Wildman–Crippen MR) is 108 cm³/mol. The molecule has 1 aliphatic rings. The molecule has 2 aromatic carbocycles. The van der Waals surface area contributed by atoms with Gasteiger partial charge in [-0.1, -0.05) is 11.6 Å². The van der Waals surface area contributed by atoms with Gasteiger partial charge in [-0.2, -0.15) is 0 Å². The van der Waals surface area contributed by atoms with Crippen molar-refractivity contribution in [3.05, 3.63) is 53.6 Å². The standard InChI is InChI=1S/C20H22ClNO7S/c1-20(2)27-11-19(29-20)18(22(24)13-23)12-30(25,26)17-9-7-16(8-10-17)28-15-5-3-14(21)4-6-15/h3-10,13,18-19,24H,11-12H2,1-2H3/t18-,19-/m1/s1. The fourth-order valence-corrected chi connectivity index (χ4v) is 4.70. The lowest BCUT2D eigenvalue weighted by Gasteiger charge is -2.27. The summed E-state index contributed by atoms with van der Waals surface area (Å²) in [5.74, 6) is -0.474. The molecule has 2 atom stereocenters. The molecule has 0 unspecified atom stereocenters. The number of rotatable bonds is 8. The lowest BCUT2D eigenvalue weighted by Crippen LogP contribution is -2.47. The maximum atomic E-state index is 12.9. The second-order valence-electron chi connectivity index (χ2n) is 7.23. The lowest BCUT2D eigenvalue weighted by atomic mass is 10.2. The Bertz CT molecular complexity index is 977. The number of hydrogen-bond donors (Lipinski definition) is 1. The van der Waals surface area contributed by atoms with Crippen molar-refractivity contribution >= 4 is 27.8 Å². The van der Waals surface area contributed by atoms with Crippen LogP contribution in [-0.2, 0) is 24.1 Å². The van der Waals surface area contributed by atoms with Crippen LogP contribution in [0.1, 0.15) is 13.8 Å². The molecule has 0 spiro atoms. The Morgan fingerprint density at radius 1 is 1.20 bits per heavy atom. The van der Waals surface area contributed by atoms with Crippen LogP contribution in [0.4, 0.5) is 0 Å². The SMILES string of the molecule is CC1(C)OC[C@H]([C@@H](CS(=O)(=O)c2ccc(Oc3ccc(Cl)cc3)cc2)N(O)C=O)O1. The van der Waals surface area contributed by atoms with Crippen LogP contribution in [0.25, 0.3) is 0 Å². The first-order chi connectivity index (χ1) is 14.1. The lowest BCUT2D eigenvalue weighted by molar-refractivity contribution is -0.182. The molecule has 10 heteroatoms. The van der Waals surface area contributed by atoms with E-state index in [-0.39, 0.29) is 17.9 Å². The summed E-state index contributed by atoms with van der Waals surface area (Å²) in [7, 11) is -3.85. The van der Waals surface area contributed by atoms with Crippen molar-refractivity contribution in [3.63, 3.8) is 0 Å². The van der Waals surface area contributed by atoms with Gasteiger partial charge in [-0.3, -0.25) is 10.0 Å². The molecule has 1 heterocycles. The van der Waals surface area contributed by atoms with Crippen LogP contribution in [0, 0.1) is 0 Å². The van der Waals surface area contributed by atoms with E-state index < -0.39 is 33.5 Å². The highest BCUT2D eigenvalue weighted by molar-refractivity contribution is 7.91. The first-order valence-corrected chi connectivity index (χ1v) is 11.1. The number of halogens is 1. The molecule has 0 radical (unpaired) electrons. The van der Waals surface area contributed by atoms with Gasteiger partial charge in [0.15, 0.2) is 15.6 Å². The third-order valence-corrected chi connectivity index (χ3v) is 6.55. The summed E-state index contributed by atoms with van der Waals surface area (Å²) >= 11 is 5.84. The average Bonchev–Trinajstić information content (AvgIpc) is 3.07. The first-order valence-electron chi connectivity index (χ1n) is 9.10. The topological polar surface area (TPSA) is 102 Å². The van der Waals surface area contributed by atoms with E-state index in [1.54, 1.807) is 38.1 Å². The Balaban J connectivity index is 1.74. The van der Waals surface area contributed by atoms with Gasteiger partial charge < -0.3 is 14.2 Å². The van der Waals surface area contributed by atoms with Crippen LogP contribution in [0.2, 0.25) is 5.02 Å². The van der Waals surface area contributed by atoms with Gasteiger partial charge in [-0.15, -0.1) is 0 Å². The zero-order valence-electron chi connectivity index (χ0n) is 16.4. The average molecular weight is 456 g/mol. The minimum atomic E-state index is -3.85. The van der Waals surface area contributed by atoms with E-state index in [1.807, 2.05) is 0 Å². The Kier molecular flexibility index (Phi) is 6.68. The maximum Gasteiger partial charge on any atom is 0.233 e. The number of ether oxygens (including phenoxy) is 3. The number of carbonyl (C=O) groups is 1. The zero-order chi connectivity index (χ0) is 21.9. The summed E-state index contributed by atoms with van der Waals surface area (Å²) < 4.78 is 42.5. The predicted octanol–water partition coefficient (Wildman–Crippen LogP) is 3.27. The molecule has 1 aliphatic heterocycles. The number of benzene rings is 2. The number of sulfone groups is 1. The minimum absolute atomic E-state index is 0.0217. The number of nitrogens with zero attached hydrogens (tertiary/aromatic N) is 1. The Labute approximate surface area is 179 Å². The van der Waals surface area contributed by atoms with Gasteiger partial charge in [0, 0.05) is 5.02 Å². The molecule has 0 saturated carbocycles. The second-order valence-corrected chi connectivity index (χ2v) is 9.70. The Hall–Kier alpha value is -2.17. The van der Waals surface area contributed by atoms with Gasteiger partial charge in [0.2, 0.25) is 6.41 Å². The summed E-state index contributed by atoms with van der Waals surface area (Å²) in [5.41, 5.74) is 0. The highest BCUT2D eigenvalue weighted by Crippen LogP contribution is 2.28. The summed E-state index contributed by atoms with van der Waals surface area (Å²) in [5, 5.41) is 10.8. The van der Waals surface area contributed by atoms with E-state index in [9.17, 15) is 18.4 Å². The highest BCUT2D eigenvalue weighted by Gasteiger charge is 2.41. The van der Waals surface area contributed by atoms with Crippen LogP contribution < -0.4 is 4.74 Å². The van der Waals surface area contributed by atoms with E-state index in [0.717, 1.165) is 0 Å². The Morgan fingerprint density at radius 3 is 2.27 bits per heavy atom. The molecule has 162 valence electrons. The fraction of sp³-hybridized carbons (Fsp3) is 0.350. The monoisotopic (exact) mass is 455 g/mol. The molecular weight excluding hydrogens is 434 g/mol. The van der Waals surface area contributed by atoms with E-state index in [4.69, 9.17) is 25.8 Å². The number of hydroxylamine groups is 2. The molecule has 8 nitrogen and oxygen atoms in total. The van der Waals surface area contributed by atoms with E-state index in [1.165, 1.54) is 24.3 Å². The van der Waals surface area contributed by atoms with Crippen molar-refractivity contribution in [1.29, 1.82) is 0 Å². The molecule has 30 heavy (non-hydrogen) atoms. The van der Waals surface area contributed by atoms with Gasteiger partial charge in [-0.05, 0) is 62.4 Å². The molecule has 0 bridgehead atoms. The van der Waals surface area contributed by atoms with Gasteiger partial charge in [0.1, 0.15) is 23.6 Å². The van der Waals surface area contributed by atoms with Crippen LogP contribution >= 0.6 is 11.6 Å². The van der Waals surface area contributed by atoms with Crippen LogP contribution in [0.5, 0.6) is 11.5 Å². The molecule has 0 aromatic heterocycles. The maximum absolute atomic E-state index is 12.9. The largest absolute Gasteiger partial charge is 0.457 e. The van der Waals surface area contributed by atoms with Crippen molar-refractivity contribution in [3.8, 4) is 11.5 Å². The molecule has 3 rings (SSSR count). The first kappa shape index (κ1) is 22.5. The summed E-state index contributed by atoms with van der Waals surface area (Å²) in [6.07, 6.45) is -0.643. The number of amides is 1. The quantitative estimate of drug-likeness (QED) is 0.370. The summed E-state index contributed by atoms with van der Waals surface area (Å²) in [4.78, 5) is 11.1. The van der Waals surface area contributed by atoms with Crippen molar-refractivity contribution in [2.24, 2.45) is 0 Å². The van der Waals surface area contributed by atoms with E-state index in [0.29, 0.717) is 21.6 Å². The highest BCUT2D eigenvalue weighted by atomic mass is 35.5. The van der Waals surface area contributed by atoms with Crippen LogP contribution in [0.3, 0.4) is 0 Å². The normalized spacial score (nSPS) is 19.3. The van der Waals surface area contributed by atoms with Crippen molar-refractivity contribution in [2.45, 2.75) is 36.7 Å². The number of carbonyl (C=O) groups excluding carboxylic acids is 1. The van der Waals surface area contributed by atoms with Crippen molar-refractivity contribution < 1.29 is 32.6 Å². The molecule has 0 aliphatic carbocycles. The number of hydrogen-bond acceptors (Lipinski definition) is 7. The Morgan fingerprint density at radius 2 is 1.77 bits per heavy atom. The molecular formula is C20H22ClNO7S. The third kappa shape index (κ3) is 5.50. The molecule has 2 aromatic rings. The van der Waals surface area contributed by atoms with Gasteiger partial charge >= 0.3 is 0 Å². The minimum Gasteiger partial charge on any atom is -0.457 e. The molecule has 1 saturated heterocycles. The van der Waals surface area contributed by atoms with Crippen LogP contribution in [0.15, 0.2) is 53.4 Å².